The molecule has 1 fully saturated rings. The topological polar surface area (TPSA) is 71.1 Å². The van der Waals surface area contributed by atoms with Crippen LogP contribution in [0.1, 0.15) is 22.5 Å². The number of urea groups is 1. The first kappa shape index (κ1) is 10.1. The van der Waals surface area contributed by atoms with Gasteiger partial charge in [0.2, 0.25) is 0 Å². The van der Waals surface area contributed by atoms with Gasteiger partial charge in [-0.3, -0.25) is 10.1 Å². The highest BCUT2D eigenvalue weighted by Crippen LogP contribution is 2.29. The number of rotatable bonds is 1. The summed E-state index contributed by atoms with van der Waals surface area (Å²) in [6.45, 7) is 5.43. The van der Waals surface area contributed by atoms with Crippen LogP contribution in [0.25, 0.3) is 0 Å². The second kappa shape index (κ2) is 3.03. The fourth-order valence-electron chi connectivity index (χ4n) is 1.70. The van der Waals surface area contributed by atoms with Gasteiger partial charge in [-0.25, -0.2) is 9.78 Å². The molecule has 5 nitrogen and oxygen atoms in total. The molecule has 1 atom stereocenters. The highest BCUT2D eigenvalue weighted by atomic mass is 32.1. The molecule has 0 saturated carbocycles. The number of nitrogens with one attached hydrogen (secondary N) is 2. The van der Waals surface area contributed by atoms with Crippen LogP contribution in [0.15, 0.2) is 0 Å². The Morgan fingerprint density at radius 1 is 1.33 bits per heavy atom. The van der Waals surface area contributed by atoms with Gasteiger partial charge in [0.1, 0.15) is 0 Å². The first-order valence-corrected chi connectivity index (χ1v) is 5.33. The van der Waals surface area contributed by atoms with E-state index in [1.165, 1.54) is 11.3 Å². The third kappa shape index (κ3) is 1.41. The van der Waals surface area contributed by atoms with E-state index in [9.17, 15) is 9.59 Å². The number of carbonyl (C=O) groups is 2. The molecule has 0 bridgehead atoms. The molecular formula is C9H11N3O2S. The van der Waals surface area contributed by atoms with Crippen molar-refractivity contribution < 1.29 is 9.59 Å². The third-order valence-electron chi connectivity index (χ3n) is 2.42. The van der Waals surface area contributed by atoms with E-state index >= 15 is 0 Å². The lowest BCUT2D eigenvalue weighted by atomic mass is 9.97. The number of thiazole rings is 1. The summed E-state index contributed by atoms with van der Waals surface area (Å²) in [6.07, 6.45) is 0. The minimum absolute atomic E-state index is 0.346. The normalized spacial score (nSPS) is 25.3. The molecule has 3 amide bonds. The molecule has 2 N–H and O–H groups in total. The minimum atomic E-state index is -1.02. The Labute approximate surface area is 90.9 Å². The van der Waals surface area contributed by atoms with Crippen molar-refractivity contribution in [3.63, 3.8) is 0 Å². The molecule has 1 unspecified atom stereocenters. The summed E-state index contributed by atoms with van der Waals surface area (Å²) in [5, 5.41) is 5.70. The highest BCUT2D eigenvalue weighted by Gasteiger charge is 2.46. The molecule has 1 aromatic heterocycles. The van der Waals surface area contributed by atoms with Crippen LogP contribution < -0.4 is 10.6 Å². The van der Waals surface area contributed by atoms with Crippen LogP contribution in [0.5, 0.6) is 0 Å². The van der Waals surface area contributed by atoms with Gasteiger partial charge in [-0.1, -0.05) is 0 Å². The van der Waals surface area contributed by atoms with Gasteiger partial charge in [0.15, 0.2) is 5.54 Å². The van der Waals surface area contributed by atoms with Crippen LogP contribution in [-0.4, -0.2) is 16.9 Å². The predicted molar refractivity (Wildman–Crippen MR) is 55.6 cm³/mol. The number of imide groups is 1. The summed E-state index contributed by atoms with van der Waals surface area (Å²) in [6, 6.07) is -0.465. The van der Waals surface area contributed by atoms with Crippen LogP contribution in [0, 0.1) is 13.8 Å². The largest absolute Gasteiger partial charge is 0.322 e. The Morgan fingerprint density at radius 3 is 2.40 bits per heavy atom. The van der Waals surface area contributed by atoms with Crippen molar-refractivity contribution in [1.82, 2.24) is 15.6 Å². The van der Waals surface area contributed by atoms with Crippen LogP contribution >= 0.6 is 11.3 Å². The second-order valence-corrected chi connectivity index (χ2v) is 5.08. The SMILES string of the molecule is Cc1nc(C2(C)NC(=O)NC2=O)c(C)s1. The second-order valence-electron chi connectivity index (χ2n) is 3.67. The molecular weight excluding hydrogens is 214 g/mol. The Morgan fingerprint density at radius 2 is 2.00 bits per heavy atom. The van der Waals surface area contributed by atoms with E-state index in [2.05, 4.69) is 15.6 Å². The summed E-state index contributed by atoms with van der Waals surface area (Å²) < 4.78 is 0. The number of aromatic nitrogens is 1. The molecule has 0 aromatic carbocycles. The summed E-state index contributed by atoms with van der Waals surface area (Å²) in [5.74, 6) is -0.346. The van der Waals surface area contributed by atoms with E-state index in [1.807, 2.05) is 13.8 Å². The number of hydrogen-bond donors (Lipinski definition) is 2. The summed E-state index contributed by atoms with van der Waals surface area (Å²) in [4.78, 5) is 28.0. The van der Waals surface area contributed by atoms with Gasteiger partial charge in [-0.05, 0) is 20.8 Å². The maximum atomic E-state index is 11.6. The fraction of sp³-hybridized carbons (Fsp3) is 0.444. The average molecular weight is 225 g/mol. The van der Waals surface area contributed by atoms with Crippen LogP contribution in [0.4, 0.5) is 4.79 Å². The molecule has 6 heteroatoms. The molecule has 1 aliphatic heterocycles. The van der Waals surface area contributed by atoms with E-state index in [4.69, 9.17) is 0 Å². The van der Waals surface area contributed by atoms with Crippen molar-refractivity contribution in [3.05, 3.63) is 15.6 Å². The lowest BCUT2D eigenvalue weighted by Crippen LogP contribution is -2.41. The van der Waals surface area contributed by atoms with Crippen LogP contribution in [-0.2, 0) is 10.3 Å². The van der Waals surface area contributed by atoms with E-state index in [0.29, 0.717) is 5.69 Å². The maximum absolute atomic E-state index is 11.6. The van der Waals surface area contributed by atoms with E-state index < -0.39 is 11.6 Å². The van der Waals surface area contributed by atoms with Gasteiger partial charge in [0, 0.05) is 4.88 Å². The molecule has 0 radical (unpaired) electrons. The number of carbonyl (C=O) groups excluding carboxylic acids is 2. The standard InChI is InChI=1S/C9H11N3O2S/c1-4-6(10-5(2)15-4)9(3)7(13)11-8(14)12-9/h1-3H3,(H2,11,12,13,14). The van der Waals surface area contributed by atoms with E-state index in [0.717, 1.165) is 9.88 Å². The van der Waals surface area contributed by atoms with Crippen molar-refractivity contribution in [2.24, 2.45) is 0 Å². The van der Waals surface area contributed by atoms with Crippen LogP contribution in [0.3, 0.4) is 0 Å². The van der Waals surface area contributed by atoms with Crippen molar-refractivity contribution >= 4 is 23.3 Å². The summed E-state index contributed by atoms with van der Waals surface area (Å²) in [5.41, 5.74) is -0.389. The van der Waals surface area contributed by atoms with Gasteiger partial charge in [0.25, 0.3) is 5.91 Å². The monoisotopic (exact) mass is 225 g/mol. The Kier molecular flexibility index (Phi) is 2.04. The minimum Gasteiger partial charge on any atom is -0.318 e. The summed E-state index contributed by atoms with van der Waals surface area (Å²) >= 11 is 1.52. The Bertz CT molecular complexity index is 454. The molecule has 2 rings (SSSR count). The zero-order valence-corrected chi connectivity index (χ0v) is 9.49. The lowest BCUT2D eigenvalue weighted by molar-refractivity contribution is -0.123. The number of amides is 3. The van der Waals surface area contributed by atoms with Crippen molar-refractivity contribution in [1.29, 1.82) is 0 Å². The molecule has 2 heterocycles. The number of aryl methyl sites for hydroxylation is 2. The lowest BCUT2D eigenvalue weighted by Gasteiger charge is -2.18. The van der Waals surface area contributed by atoms with Gasteiger partial charge in [-0.15, -0.1) is 11.3 Å². The fourth-order valence-corrected chi connectivity index (χ4v) is 2.63. The molecule has 1 aromatic rings. The average Bonchev–Trinajstić information content (AvgIpc) is 2.55. The molecule has 0 spiro atoms. The first-order chi connectivity index (χ1) is 6.93. The Hall–Kier alpha value is -1.43. The van der Waals surface area contributed by atoms with Crippen molar-refractivity contribution in [2.45, 2.75) is 26.3 Å². The van der Waals surface area contributed by atoms with E-state index in [-0.39, 0.29) is 5.91 Å². The van der Waals surface area contributed by atoms with Crippen molar-refractivity contribution in [2.75, 3.05) is 0 Å². The number of hydrogen-bond acceptors (Lipinski definition) is 4. The smallest absolute Gasteiger partial charge is 0.318 e. The van der Waals surface area contributed by atoms with Crippen molar-refractivity contribution in [3.8, 4) is 0 Å². The van der Waals surface area contributed by atoms with E-state index in [1.54, 1.807) is 6.92 Å². The van der Waals surface area contributed by atoms with Gasteiger partial charge in [0.05, 0.1) is 10.7 Å². The van der Waals surface area contributed by atoms with Gasteiger partial charge in [-0.2, -0.15) is 0 Å². The zero-order valence-electron chi connectivity index (χ0n) is 8.67. The zero-order chi connectivity index (χ0) is 11.2. The molecule has 1 aliphatic rings. The predicted octanol–water partition coefficient (Wildman–Crippen LogP) is 0.815. The first-order valence-electron chi connectivity index (χ1n) is 4.51. The third-order valence-corrected chi connectivity index (χ3v) is 3.31. The Balaban J connectivity index is 2.50. The van der Waals surface area contributed by atoms with Gasteiger partial charge >= 0.3 is 6.03 Å². The molecule has 1 saturated heterocycles. The maximum Gasteiger partial charge on any atom is 0.322 e. The molecule has 0 aliphatic carbocycles. The quantitative estimate of drug-likeness (QED) is 0.695. The number of nitrogens with zero attached hydrogens (tertiary/aromatic N) is 1. The molecule has 15 heavy (non-hydrogen) atoms. The van der Waals surface area contributed by atoms with Crippen LogP contribution in [0.2, 0.25) is 0 Å². The highest BCUT2D eigenvalue weighted by molar-refractivity contribution is 7.11. The molecule has 80 valence electrons. The summed E-state index contributed by atoms with van der Waals surface area (Å²) in [7, 11) is 0. The van der Waals surface area contributed by atoms with Gasteiger partial charge < -0.3 is 5.32 Å².